The molecule has 0 unspecified atom stereocenters. The van der Waals surface area contributed by atoms with Crippen molar-refractivity contribution in [1.82, 2.24) is 9.88 Å². The highest BCUT2D eigenvalue weighted by molar-refractivity contribution is 5.93. The van der Waals surface area contributed by atoms with Gasteiger partial charge in [-0.25, -0.2) is 4.98 Å². The highest BCUT2D eigenvalue weighted by atomic mass is 16.5. The number of ether oxygens (including phenoxy) is 1. The van der Waals surface area contributed by atoms with Gasteiger partial charge in [0.05, 0.1) is 24.5 Å². The predicted octanol–water partition coefficient (Wildman–Crippen LogP) is 3.72. The number of benzene rings is 1. The maximum absolute atomic E-state index is 12.7. The summed E-state index contributed by atoms with van der Waals surface area (Å²) < 4.78 is 5.95. The quantitative estimate of drug-likeness (QED) is 0.791. The minimum Gasteiger partial charge on any atom is -0.368 e. The summed E-state index contributed by atoms with van der Waals surface area (Å²) in [6, 6.07) is 12.9. The second kappa shape index (κ2) is 9.39. The smallest absolute Gasteiger partial charge is 0.248 e. The van der Waals surface area contributed by atoms with E-state index in [0.29, 0.717) is 31.7 Å². The van der Waals surface area contributed by atoms with Crippen LogP contribution in [-0.4, -0.2) is 41.4 Å². The van der Waals surface area contributed by atoms with Crippen molar-refractivity contribution in [2.24, 2.45) is 11.7 Å². The first-order valence-electron chi connectivity index (χ1n) is 10.9. The van der Waals surface area contributed by atoms with Gasteiger partial charge in [0, 0.05) is 24.1 Å². The summed E-state index contributed by atoms with van der Waals surface area (Å²) in [5.41, 5.74) is 8.31. The van der Waals surface area contributed by atoms with Crippen LogP contribution in [0.2, 0.25) is 0 Å². The molecule has 2 amide bonds. The Morgan fingerprint density at radius 3 is 2.60 bits per heavy atom. The second-order valence-electron chi connectivity index (χ2n) is 8.28. The number of nitrogens with zero attached hydrogens (tertiary/aromatic N) is 2. The van der Waals surface area contributed by atoms with E-state index >= 15 is 0 Å². The molecular formula is C24H29N3O3. The molecule has 2 aliphatic rings. The van der Waals surface area contributed by atoms with E-state index in [1.807, 2.05) is 35.2 Å². The summed E-state index contributed by atoms with van der Waals surface area (Å²) >= 11 is 0. The van der Waals surface area contributed by atoms with Crippen LogP contribution < -0.4 is 5.73 Å². The first-order chi connectivity index (χ1) is 14.6. The number of hydrogen-bond donors (Lipinski definition) is 1. The van der Waals surface area contributed by atoms with Crippen LogP contribution >= 0.6 is 0 Å². The molecule has 0 radical (unpaired) electrons. The summed E-state index contributed by atoms with van der Waals surface area (Å²) in [6.45, 7) is 1.72. The van der Waals surface area contributed by atoms with Crippen LogP contribution in [0.15, 0.2) is 42.5 Å². The zero-order chi connectivity index (χ0) is 20.9. The lowest BCUT2D eigenvalue weighted by molar-refractivity contribution is -0.139. The van der Waals surface area contributed by atoms with Gasteiger partial charge in [0.15, 0.2) is 0 Å². The van der Waals surface area contributed by atoms with Gasteiger partial charge in [0.25, 0.3) is 0 Å². The SMILES string of the molecule is NC(=O)c1ccc(-c2cccc([C@H]3CN(C(=O)CCC4CCCC4)CCO3)n2)cc1. The number of carbonyl (C=O) groups is 2. The molecule has 2 heterocycles. The highest BCUT2D eigenvalue weighted by Crippen LogP contribution is 2.29. The van der Waals surface area contributed by atoms with E-state index in [4.69, 9.17) is 15.5 Å². The molecule has 1 aromatic carbocycles. The maximum Gasteiger partial charge on any atom is 0.248 e. The predicted molar refractivity (Wildman–Crippen MR) is 115 cm³/mol. The molecule has 0 spiro atoms. The minimum absolute atomic E-state index is 0.223. The Kier molecular flexibility index (Phi) is 6.43. The van der Waals surface area contributed by atoms with Crippen molar-refractivity contribution in [2.75, 3.05) is 19.7 Å². The molecule has 158 valence electrons. The zero-order valence-electron chi connectivity index (χ0n) is 17.3. The van der Waals surface area contributed by atoms with Crippen molar-refractivity contribution < 1.29 is 14.3 Å². The first kappa shape index (κ1) is 20.5. The van der Waals surface area contributed by atoms with Crippen LogP contribution in [0.1, 0.15) is 60.7 Å². The molecular weight excluding hydrogens is 378 g/mol. The van der Waals surface area contributed by atoms with Crippen LogP contribution in [0.3, 0.4) is 0 Å². The van der Waals surface area contributed by atoms with Crippen molar-refractivity contribution in [1.29, 1.82) is 0 Å². The zero-order valence-corrected chi connectivity index (χ0v) is 17.3. The summed E-state index contributed by atoms with van der Waals surface area (Å²) in [6.07, 6.45) is 6.59. The number of morpholine rings is 1. The second-order valence-corrected chi connectivity index (χ2v) is 8.28. The average molecular weight is 408 g/mol. The molecule has 4 rings (SSSR count). The molecule has 2 N–H and O–H groups in total. The first-order valence-corrected chi connectivity index (χ1v) is 10.9. The molecule has 1 aromatic heterocycles. The topological polar surface area (TPSA) is 85.5 Å². The van der Waals surface area contributed by atoms with Crippen LogP contribution in [-0.2, 0) is 9.53 Å². The molecule has 1 atom stereocenters. The largest absolute Gasteiger partial charge is 0.368 e. The normalized spacial score (nSPS) is 19.7. The number of carbonyl (C=O) groups excluding carboxylic acids is 2. The van der Waals surface area contributed by atoms with Gasteiger partial charge in [0.1, 0.15) is 6.10 Å². The third-order valence-corrected chi connectivity index (χ3v) is 6.23. The summed E-state index contributed by atoms with van der Waals surface area (Å²) in [5.74, 6) is 0.509. The van der Waals surface area contributed by atoms with Crippen LogP contribution in [0.25, 0.3) is 11.3 Å². The molecule has 2 fully saturated rings. The third-order valence-electron chi connectivity index (χ3n) is 6.23. The standard InChI is InChI=1S/C24H29N3O3/c25-24(29)19-11-9-18(10-12-19)20-6-3-7-21(26-20)22-16-27(14-15-30-22)23(28)13-8-17-4-1-2-5-17/h3,6-7,9-12,17,22H,1-2,4-5,8,13-16H2,(H2,25,29)/t22-/m1/s1. The summed E-state index contributed by atoms with van der Waals surface area (Å²) in [5, 5.41) is 0. The van der Waals surface area contributed by atoms with E-state index in [-0.39, 0.29) is 12.0 Å². The number of aromatic nitrogens is 1. The number of nitrogens with two attached hydrogens (primary N) is 1. The Balaban J connectivity index is 1.41. The lowest BCUT2D eigenvalue weighted by Crippen LogP contribution is -2.42. The van der Waals surface area contributed by atoms with E-state index < -0.39 is 5.91 Å². The summed E-state index contributed by atoms with van der Waals surface area (Å²) in [7, 11) is 0. The highest BCUT2D eigenvalue weighted by Gasteiger charge is 2.27. The van der Waals surface area contributed by atoms with Crippen LogP contribution in [0, 0.1) is 5.92 Å². The van der Waals surface area contributed by atoms with Crippen molar-refractivity contribution in [3.63, 3.8) is 0 Å². The molecule has 2 aromatic rings. The van der Waals surface area contributed by atoms with Gasteiger partial charge in [-0.2, -0.15) is 0 Å². The van der Waals surface area contributed by atoms with Crippen molar-refractivity contribution in [3.05, 3.63) is 53.7 Å². The number of amides is 2. The fourth-order valence-corrected chi connectivity index (χ4v) is 4.44. The van der Waals surface area contributed by atoms with Crippen molar-refractivity contribution in [2.45, 2.75) is 44.6 Å². The Morgan fingerprint density at radius 1 is 1.10 bits per heavy atom. The Bertz CT molecular complexity index is 891. The maximum atomic E-state index is 12.7. The van der Waals surface area contributed by atoms with E-state index in [1.54, 1.807) is 12.1 Å². The molecule has 6 nitrogen and oxygen atoms in total. The van der Waals surface area contributed by atoms with E-state index in [2.05, 4.69) is 0 Å². The summed E-state index contributed by atoms with van der Waals surface area (Å²) in [4.78, 5) is 30.7. The van der Waals surface area contributed by atoms with Gasteiger partial charge in [-0.1, -0.05) is 43.9 Å². The lowest BCUT2D eigenvalue weighted by atomic mass is 10.0. The van der Waals surface area contributed by atoms with Gasteiger partial charge in [-0.15, -0.1) is 0 Å². The Labute approximate surface area is 177 Å². The molecule has 1 saturated carbocycles. The van der Waals surface area contributed by atoms with Gasteiger partial charge >= 0.3 is 0 Å². The number of primary amides is 1. The Morgan fingerprint density at radius 2 is 1.87 bits per heavy atom. The molecule has 1 aliphatic heterocycles. The number of rotatable bonds is 6. The van der Waals surface area contributed by atoms with Gasteiger partial charge in [-0.3, -0.25) is 9.59 Å². The number of hydrogen-bond acceptors (Lipinski definition) is 4. The van der Waals surface area contributed by atoms with E-state index in [9.17, 15) is 9.59 Å². The third kappa shape index (κ3) is 4.87. The molecule has 6 heteroatoms. The monoisotopic (exact) mass is 407 g/mol. The van der Waals surface area contributed by atoms with Crippen molar-refractivity contribution in [3.8, 4) is 11.3 Å². The fraction of sp³-hybridized carbons (Fsp3) is 0.458. The van der Waals surface area contributed by atoms with E-state index in [0.717, 1.165) is 29.3 Å². The van der Waals surface area contributed by atoms with E-state index in [1.165, 1.54) is 25.7 Å². The molecule has 1 aliphatic carbocycles. The number of pyridine rings is 1. The molecule has 0 bridgehead atoms. The van der Waals surface area contributed by atoms with Gasteiger partial charge in [0.2, 0.25) is 11.8 Å². The van der Waals surface area contributed by atoms with Crippen LogP contribution in [0.5, 0.6) is 0 Å². The average Bonchev–Trinajstić information content (AvgIpc) is 3.31. The lowest BCUT2D eigenvalue weighted by Gasteiger charge is -2.33. The fourth-order valence-electron chi connectivity index (χ4n) is 4.44. The molecule has 30 heavy (non-hydrogen) atoms. The molecule has 1 saturated heterocycles. The van der Waals surface area contributed by atoms with Gasteiger partial charge in [-0.05, 0) is 36.6 Å². The van der Waals surface area contributed by atoms with Crippen LogP contribution in [0.4, 0.5) is 0 Å². The van der Waals surface area contributed by atoms with Crippen molar-refractivity contribution >= 4 is 11.8 Å². The minimum atomic E-state index is -0.448. The van der Waals surface area contributed by atoms with Gasteiger partial charge < -0.3 is 15.4 Å². The Hall–Kier alpha value is -2.73.